The third kappa shape index (κ3) is 2.49. The molecule has 0 aliphatic heterocycles. The molecule has 0 spiro atoms. The van der Waals surface area contributed by atoms with Crippen molar-refractivity contribution in [1.29, 1.82) is 0 Å². The summed E-state index contributed by atoms with van der Waals surface area (Å²) in [6.45, 7) is 0.259. The molecule has 0 aliphatic rings. The Hall–Kier alpha value is -2.92. The number of hydrogen-bond acceptors (Lipinski definition) is 3. The SMILES string of the molecule is O=c1[nH]c2scc(-c3ccccc3)c2c(=O)n1Cc1ccccc1. The van der Waals surface area contributed by atoms with E-state index in [0.29, 0.717) is 10.2 Å². The zero-order valence-electron chi connectivity index (χ0n) is 12.7. The van der Waals surface area contributed by atoms with Crippen LogP contribution in [0, 0.1) is 0 Å². The Balaban J connectivity index is 1.93. The van der Waals surface area contributed by atoms with Gasteiger partial charge in [-0.1, -0.05) is 60.7 Å². The summed E-state index contributed by atoms with van der Waals surface area (Å²) >= 11 is 1.38. The smallest absolute Gasteiger partial charge is 0.298 e. The van der Waals surface area contributed by atoms with Crippen molar-refractivity contribution in [2.24, 2.45) is 0 Å². The molecule has 2 aromatic carbocycles. The zero-order chi connectivity index (χ0) is 16.5. The Morgan fingerprint density at radius 1 is 0.917 bits per heavy atom. The van der Waals surface area contributed by atoms with E-state index in [1.54, 1.807) is 0 Å². The van der Waals surface area contributed by atoms with Crippen molar-refractivity contribution in [3.8, 4) is 11.1 Å². The van der Waals surface area contributed by atoms with Gasteiger partial charge in [-0.05, 0) is 11.1 Å². The number of benzene rings is 2. The van der Waals surface area contributed by atoms with Gasteiger partial charge in [-0.2, -0.15) is 0 Å². The fourth-order valence-electron chi connectivity index (χ4n) is 2.79. The van der Waals surface area contributed by atoms with Crippen molar-refractivity contribution in [3.63, 3.8) is 0 Å². The number of nitrogens with zero attached hydrogens (tertiary/aromatic N) is 1. The Kier molecular flexibility index (Phi) is 3.63. The Morgan fingerprint density at radius 2 is 1.58 bits per heavy atom. The van der Waals surface area contributed by atoms with Gasteiger partial charge in [-0.3, -0.25) is 14.3 Å². The van der Waals surface area contributed by atoms with Crippen LogP contribution in [0.1, 0.15) is 5.56 Å². The predicted octanol–water partition coefficient (Wildman–Crippen LogP) is 3.47. The standard InChI is InChI=1S/C19H14N2O2S/c22-18-16-15(14-9-5-2-6-10-14)12-24-17(16)20-19(23)21(18)11-13-7-3-1-4-8-13/h1-10,12H,11H2,(H,20,23). The highest BCUT2D eigenvalue weighted by atomic mass is 32.1. The summed E-state index contributed by atoms with van der Waals surface area (Å²) in [5.41, 5.74) is 2.12. The number of aromatic amines is 1. The van der Waals surface area contributed by atoms with Gasteiger partial charge in [0.2, 0.25) is 0 Å². The van der Waals surface area contributed by atoms with Gasteiger partial charge in [0.15, 0.2) is 0 Å². The van der Waals surface area contributed by atoms with Crippen molar-refractivity contribution < 1.29 is 0 Å². The lowest BCUT2D eigenvalue weighted by atomic mass is 10.1. The second-order valence-corrected chi connectivity index (χ2v) is 6.41. The molecule has 118 valence electrons. The van der Waals surface area contributed by atoms with E-state index in [1.165, 1.54) is 15.9 Å². The van der Waals surface area contributed by atoms with Crippen molar-refractivity contribution in [3.05, 3.63) is 92.4 Å². The predicted molar refractivity (Wildman–Crippen MR) is 97.7 cm³/mol. The van der Waals surface area contributed by atoms with Crippen LogP contribution in [0.3, 0.4) is 0 Å². The molecule has 0 radical (unpaired) electrons. The van der Waals surface area contributed by atoms with E-state index in [2.05, 4.69) is 4.98 Å². The van der Waals surface area contributed by atoms with Crippen LogP contribution in [0.4, 0.5) is 0 Å². The molecule has 0 amide bonds. The van der Waals surface area contributed by atoms with Gasteiger partial charge in [-0.15, -0.1) is 11.3 Å². The molecule has 0 bridgehead atoms. The largest absolute Gasteiger partial charge is 0.329 e. The second kappa shape index (κ2) is 5.94. The molecule has 4 aromatic rings. The summed E-state index contributed by atoms with van der Waals surface area (Å²) < 4.78 is 1.26. The summed E-state index contributed by atoms with van der Waals surface area (Å²) in [7, 11) is 0. The summed E-state index contributed by atoms with van der Waals surface area (Å²) in [5, 5.41) is 2.49. The molecule has 24 heavy (non-hydrogen) atoms. The van der Waals surface area contributed by atoms with Crippen LogP contribution in [0.25, 0.3) is 21.3 Å². The Bertz CT molecular complexity index is 1110. The average Bonchev–Trinajstić information content (AvgIpc) is 3.04. The average molecular weight is 334 g/mol. The van der Waals surface area contributed by atoms with Crippen LogP contribution >= 0.6 is 11.3 Å². The van der Waals surface area contributed by atoms with Gasteiger partial charge in [-0.25, -0.2) is 4.79 Å². The highest BCUT2D eigenvalue weighted by Gasteiger charge is 2.14. The number of nitrogens with one attached hydrogen (secondary N) is 1. The molecule has 0 saturated heterocycles. The minimum absolute atomic E-state index is 0.252. The van der Waals surface area contributed by atoms with Crippen molar-refractivity contribution in [2.45, 2.75) is 6.54 Å². The molecule has 2 aromatic heterocycles. The first-order chi connectivity index (χ1) is 11.7. The van der Waals surface area contributed by atoms with E-state index in [1.807, 2.05) is 66.0 Å². The van der Waals surface area contributed by atoms with Crippen molar-refractivity contribution in [1.82, 2.24) is 9.55 Å². The van der Waals surface area contributed by atoms with E-state index in [4.69, 9.17) is 0 Å². The van der Waals surface area contributed by atoms with Gasteiger partial charge in [0.1, 0.15) is 4.83 Å². The van der Waals surface area contributed by atoms with Crippen LogP contribution in [-0.2, 0) is 6.54 Å². The molecule has 0 saturated carbocycles. The Labute approximate surface area is 141 Å². The molecule has 4 nitrogen and oxygen atoms in total. The highest BCUT2D eigenvalue weighted by Crippen LogP contribution is 2.29. The molecule has 0 aliphatic carbocycles. The third-order valence-corrected chi connectivity index (χ3v) is 4.88. The second-order valence-electron chi connectivity index (χ2n) is 5.53. The van der Waals surface area contributed by atoms with E-state index >= 15 is 0 Å². The van der Waals surface area contributed by atoms with E-state index in [-0.39, 0.29) is 17.8 Å². The number of rotatable bonds is 3. The molecule has 0 atom stereocenters. The maximum atomic E-state index is 13.0. The maximum Gasteiger partial charge on any atom is 0.329 e. The highest BCUT2D eigenvalue weighted by molar-refractivity contribution is 7.17. The first kappa shape index (κ1) is 14.7. The molecule has 0 fully saturated rings. The number of thiophene rings is 1. The minimum atomic E-state index is -0.377. The summed E-state index contributed by atoms with van der Waals surface area (Å²) in [6.07, 6.45) is 0. The normalized spacial score (nSPS) is 11.0. The topological polar surface area (TPSA) is 54.9 Å². The van der Waals surface area contributed by atoms with Crippen LogP contribution in [0.2, 0.25) is 0 Å². The Morgan fingerprint density at radius 3 is 2.29 bits per heavy atom. The van der Waals surface area contributed by atoms with Gasteiger partial charge in [0.05, 0.1) is 11.9 Å². The van der Waals surface area contributed by atoms with Gasteiger partial charge in [0.25, 0.3) is 5.56 Å². The molecular weight excluding hydrogens is 320 g/mol. The lowest BCUT2D eigenvalue weighted by Crippen LogP contribution is -2.35. The number of fused-ring (bicyclic) bond motifs is 1. The fraction of sp³-hybridized carbons (Fsp3) is 0.0526. The van der Waals surface area contributed by atoms with Gasteiger partial charge < -0.3 is 0 Å². The van der Waals surface area contributed by atoms with Gasteiger partial charge >= 0.3 is 5.69 Å². The number of hydrogen-bond donors (Lipinski definition) is 1. The monoisotopic (exact) mass is 334 g/mol. The van der Waals surface area contributed by atoms with E-state index in [9.17, 15) is 9.59 Å². The van der Waals surface area contributed by atoms with E-state index < -0.39 is 0 Å². The maximum absolute atomic E-state index is 13.0. The van der Waals surface area contributed by atoms with Gasteiger partial charge in [0, 0.05) is 10.9 Å². The van der Waals surface area contributed by atoms with Crippen molar-refractivity contribution >= 4 is 21.6 Å². The molecule has 1 N–H and O–H groups in total. The lowest BCUT2D eigenvalue weighted by Gasteiger charge is -2.06. The molecule has 4 rings (SSSR count). The molecule has 0 unspecified atom stereocenters. The van der Waals surface area contributed by atoms with Crippen LogP contribution < -0.4 is 11.2 Å². The first-order valence-electron chi connectivity index (χ1n) is 7.58. The van der Waals surface area contributed by atoms with E-state index in [0.717, 1.165) is 16.7 Å². The molecule has 5 heteroatoms. The quantitative estimate of drug-likeness (QED) is 0.624. The molecular formula is C19H14N2O2S. The summed E-state index contributed by atoms with van der Waals surface area (Å²) in [4.78, 5) is 28.7. The summed E-state index contributed by atoms with van der Waals surface area (Å²) in [5.74, 6) is 0. The van der Waals surface area contributed by atoms with Crippen LogP contribution in [0.15, 0.2) is 75.6 Å². The minimum Gasteiger partial charge on any atom is -0.298 e. The third-order valence-electron chi connectivity index (χ3n) is 3.98. The van der Waals surface area contributed by atoms with Crippen LogP contribution in [0.5, 0.6) is 0 Å². The van der Waals surface area contributed by atoms with Crippen LogP contribution in [-0.4, -0.2) is 9.55 Å². The number of aromatic nitrogens is 2. The lowest BCUT2D eigenvalue weighted by molar-refractivity contribution is 0.713. The summed E-state index contributed by atoms with van der Waals surface area (Å²) in [6, 6.07) is 19.3. The number of H-pyrrole nitrogens is 1. The fourth-order valence-corrected chi connectivity index (χ4v) is 3.74. The molecule has 2 heterocycles. The van der Waals surface area contributed by atoms with Crippen molar-refractivity contribution in [2.75, 3.05) is 0 Å². The first-order valence-corrected chi connectivity index (χ1v) is 8.45. The zero-order valence-corrected chi connectivity index (χ0v) is 13.5.